The lowest BCUT2D eigenvalue weighted by Gasteiger charge is -2.39. The monoisotopic (exact) mass is 324 g/mol. The second-order valence-corrected chi connectivity index (χ2v) is 6.29. The van der Waals surface area contributed by atoms with Gasteiger partial charge in [0.25, 0.3) is 5.91 Å². The Labute approximate surface area is 123 Å². The summed E-state index contributed by atoms with van der Waals surface area (Å²) in [4.78, 5) is 16.6. The molecular formula is C15H21BrN2O. The first-order valence-electron chi connectivity index (χ1n) is 6.87. The molecule has 1 fully saturated rings. The van der Waals surface area contributed by atoms with E-state index in [9.17, 15) is 4.79 Å². The number of rotatable bonds is 3. The molecule has 1 heterocycles. The number of carbonyl (C=O) groups is 1. The highest BCUT2D eigenvalue weighted by atomic mass is 79.9. The first-order valence-corrected chi connectivity index (χ1v) is 7.99. The van der Waals surface area contributed by atoms with E-state index in [1.807, 2.05) is 19.1 Å². The van der Waals surface area contributed by atoms with Gasteiger partial charge in [-0.1, -0.05) is 41.8 Å². The molecular weight excluding hydrogens is 304 g/mol. The molecule has 1 aliphatic carbocycles. The second kappa shape index (κ2) is 6.04. The molecule has 1 aromatic rings. The molecule has 2 unspecified atom stereocenters. The molecule has 2 atom stereocenters. The first kappa shape index (κ1) is 14.5. The van der Waals surface area contributed by atoms with Crippen molar-refractivity contribution in [1.82, 2.24) is 10.3 Å². The van der Waals surface area contributed by atoms with Crippen LogP contribution in [0.5, 0.6) is 0 Å². The van der Waals surface area contributed by atoms with Gasteiger partial charge < -0.3 is 5.32 Å². The van der Waals surface area contributed by atoms with Crippen molar-refractivity contribution in [2.45, 2.75) is 45.1 Å². The van der Waals surface area contributed by atoms with Gasteiger partial charge in [-0.05, 0) is 37.8 Å². The van der Waals surface area contributed by atoms with Gasteiger partial charge in [0.2, 0.25) is 0 Å². The van der Waals surface area contributed by atoms with Crippen LogP contribution in [0.3, 0.4) is 0 Å². The lowest BCUT2D eigenvalue weighted by Crippen LogP contribution is -2.52. The van der Waals surface area contributed by atoms with Gasteiger partial charge >= 0.3 is 0 Å². The van der Waals surface area contributed by atoms with Crippen molar-refractivity contribution in [1.29, 1.82) is 0 Å². The summed E-state index contributed by atoms with van der Waals surface area (Å²) in [6, 6.07) is 5.55. The van der Waals surface area contributed by atoms with Gasteiger partial charge in [-0.15, -0.1) is 0 Å². The number of carbonyl (C=O) groups excluding carboxylic acids is 1. The SMILES string of the molecule is Cc1cccc(C(=O)NC2(CBr)CCCC(C)C2)n1. The predicted molar refractivity (Wildman–Crippen MR) is 80.6 cm³/mol. The summed E-state index contributed by atoms with van der Waals surface area (Å²) >= 11 is 3.58. The van der Waals surface area contributed by atoms with E-state index in [1.54, 1.807) is 6.07 Å². The number of pyridine rings is 1. The van der Waals surface area contributed by atoms with Crippen molar-refractivity contribution in [2.24, 2.45) is 5.92 Å². The fourth-order valence-corrected chi connectivity index (χ4v) is 3.55. The number of amides is 1. The minimum Gasteiger partial charge on any atom is -0.344 e. The van der Waals surface area contributed by atoms with E-state index in [0.29, 0.717) is 11.6 Å². The molecule has 0 aliphatic heterocycles. The summed E-state index contributed by atoms with van der Waals surface area (Å²) < 4.78 is 0. The molecule has 1 amide bonds. The van der Waals surface area contributed by atoms with Crippen molar-refractivity contribution in [3.05, 3.63) is 29.6 Å². The first-order chi connectivity index (χ1) is 9.04. The molecule has 4 heteroatoms. The number of hydrogen-bond acceptors (Lipinski definition) is 2. The highest BCUT2D eigenvalue weighted by molar-refractivity contribution is 9.09. The Balaban J connectivity index is 2.12. The van der Waals surface area contributed by atoms with Gasteiger partial charge in [0.15, 0.2) is 0 Å². The van der Waals surface area contributed by atoms with Gasteiger partial charge in [-0.2, -0.15) is 0 Å². The Kier molecular flexibility index (Phi) is 4.61. The molecule has 2 rings (SSSR count). The van der Waals surface area contributed by atoms with Crippen LogP contribution < -0.4 is 5.32 Å². The number of aromatic nitrogens is 1. The van der Waals surface area contributed by atoms with Crippen molar-refractivity contribution >= 4 is 21.8 Å². The number of aryl methyl sites for hydroxylation is 1. The van der Waals surface area contributed by atoms with Crippen LogP contribution in [0.25, 0.3) is 0 Å². The van der Waals surface area contributed by atoms with E-state index < -0.39 is 0 Å². The molecule has 0 radical (unpaired) electrons. The fraction of sp³-hybridized carbons (Fsp3) is 0.600. The van der Waals surface area contributed by atoms with Gasteiger partial charge in [-0.3, -0.25) is 4.79 Å². The molecule has 19 heavy (non-hydrogen) atoms. The maximum absolute atomic E-state index is 12.3. The van der Waals surface area contributed by atoms with Crippen molar-refractivity contribution in [3.8, 4) is 0 Å². The number of nitrogens with one attached hydrogen (secondary N) is 1. The van der Waals surface area contributed by atoms with E-state index in [-0.39, 0.29) is 11.4 Å². The Morgan fingerprint density at radius 2 is 2.37 bits per heavy atom. The van der Waals surface area contributed by atoms with Gasteiger partial charge in [0, 0.05) is 11.0 Å². The minimum atomic E-state index is -0.111. The number of halogens is 1. The minimum absolute atomic E-state index is 0.0581. The number of hydrogen-bond donors (Lipinski definition) is 1. The Hall–Kier alpha value is -0.900. The zero-order valence-corrected chi connectivity index (χ0v) is 13.2. The lowest BCUT2D eigenvalue weighted by atomic mass is 9.77. The molecule has 104 valence electrons. The van der Waals surface area contributed by atoms with Gasteiger partial charge in [0.1, 0.15) is 5.69 Å². The van der Waals surface area contributed by atoms with Crippen LogP contribution in [-0.2, 0) is 0 Å². The quantitative estimate of drug-likeness (QED) is 0.865. The average Bonchev–Trinajstić information content (AvgIpc) is 2.38. The maximum atomic E-state index is 12.3. The summed E-state index contributed by atoms with van der Waals surface area (Å²) in [5.41, 5.74) is 1.27. The second-order valence-electron chi connectivity index (χ2n) is 5.73. The van der Waals surface area contributed by atoms with E-state index >= 15 is 0 Å². The largest absolute Gasteiger partial charge is 0.344 e. The van der Waals surface area contributed by atoms with E-state index in [2.05, 4.69) is 33.2 Å². The number of alkyl halides is 1. The summed E-state index contributed by atoms with van der Waals surface area (Å²) in [7, 11) is 0. The van der Waals surface area contributed by atoms with Crippen LogP contribution in [0.1, 0.15) is 48.8 Å². The van der Waals surface area contributed by atoms with E-state index in [1.165, 1.54) is 12.8 Å². The Morgan fingerprint density at radius 3 is 3.00 bits per heavy atom. The summed E-state index contributed by atoms with van der Waals surface area (Å²) in [5, 5.41) is 4.02. The third-order valence-corrected chi connectivity index (χ3v) is 4.92. The number of nitrogens with zero attached hydrogens (tertiary/aromatic N) is 1. The van der Waals surface area contributed by atoms with Crippen LogP contribution in [0.2, 0.25) is 0 Å². The standard InChI is InChI=1S/C15H21BrN2O/c1-11-5-4-8-15(9-11,10-16)18-14(19)13-7-3-6-12(2)17-13/h3,6-7,11H,4-5,8-10H2,1-2H3,(H,18,19). The molecule has 0 spiro atoms. The molecule has 0 saturated heterocycles. The molecule has 1 N–H and O–H groups in total. The fourth-order valence-electron chi connectivity index (χ4n) is 2.90. The molecule has 1 saturated carbocycles. The zero-order valence-electron chi connectivity index (χ0n) is 11.6. The zero-order chi connectivity index (χ0) is 13.9. The molecule has 1 aliphatic rings. The highest BCUT2D eigenvalue weighted by Gasteiger charge is 2.35. The lowest BCUT2D eigenvalue weighted by molar-refractivity contribution is 0.0864. The van der Waals surface area contributed by atoms with Crippen LogP contribution in [-0.4, -0.2) is 21.8 Å². The molecule has 3 nitrogen and oxygen atoms in total. The topological polar surface area (TPSA) is 42.0 Å². The summed E-state index contributed by atoms with van der Waals surface area (Å²) in [6.07, 6.45) is 4.51. The van der Waals surface area contributed by atoms with Crippen molar-refractivity contribution in [3.63, 3.8) is 0 Å². The smallest absolute Gasteiger partial charge is 0.270 e. The van der Waals surface area contributed by atoms with Crippen LogP contribution >= 0.6 is 15.9 Å². The summed E-state index contributed by atoms with van der Waals surface area (Å²) in [5.74, 6) is 0.606. The van der Waals surface area contributed by atoms with Crippen molar-refractivity contribution < 1.29 is 4.79 Å². The van der Waals surface area contributed by atoms with Crippen molar-refractivity contribution in [2.75, 3.05) is 5.33 Å². The third-order valence-electron chi connectivity index (χ3n) is 3.85. The molecule has 0 bridgehead atoms. The van der Waals surface area contributed by atoms with Crippen LogP contribution in [0.15, 0.2) is 18.2 Å². The summed E-state index contributed by atoms with van der Waals surface area (Å²) in [6.45, 7) is 4.16. The van der Waals surface area contributed by atoms with Crippen LogP contribution in [0.4, 0.5) is 0 Å². The third kappa shape index (κ3) is 3.56. The predicted octanol–water partition coefficient (Wildman–Crippen LogP) is 3.46. The van der Waals surface area contributed by atoms with E-state index in [4.69, 9.17) is 0 Å². The normalized spacial score (nSPS) is 27.0. The van der Waals surface area contributed by atoms with Gasteiger partial charge in [0.05, 0.1) is 5.54 Å². The molecule has 0 aromatic carbocycles. The molecule has 1 aromatic heterocycles. The maximum Gasteiger partial charge on any atom is 0.270 e. The Morgan fingerprint density at radius 1 is 1.58 bits per heavy atom. The van der Waals surface area contributed by atoms with E-state index in [0.717, 1.165) is 23.9 Å². The highest BCUT2D eigenvalue weighted by Crippen LogP contribution is 2.33. The van der Waals surface area contributed by atoms with Crippen LogP contribution in [0, 0.1) is 12.8 Å². The van der Waals surface area contributed by atoms with Gasteiger partial charge in [-0.25, -0.2) is 4.98 Å². The Bertz CT molecular complexity index is 463. The average molecular weight is 325 g/mol.